The number of hydrogen-bond donors (Lipinski definition) is 1. The topological polar surface area (TPSA) is 67.9 Å². The van der Waals surface area contributed by atoms with Gasteiger partial charge in [-0.25, -0.2) is 4.79 Å². The van der Waals surface area contributed by atoms with Gasteiger partial charge in [0.15, 0.2) is 0 Å². The molecule has 1 aliphatic heterocycles. The van der Waals surface area contributed by atoms with Gasteiger partial charge in [-0.15, -0.1) is 0 Å². The van der Waals surface area contributed by atoms with Crippen molar-refractivity contribution in [3.05, 3.63) is 59.7 Å². The number of carbonyl (C=O) groups excluding carboxylic acids is 2. The zero-order valence-corrected chi connectivity index (χ0v) is 15.6. The summed E-state index contributed by atoms with van der Waals surface area (Å²) in [6.45, 7) is 0.384. The van der Waals surface area contributed by atoms with Crippen LogP contribution in [0.2, 0.25) is 0 Å². The number of carbonyl (C=O) groups is 2. The summed E-state index contributed by atoms with van der Waals surface area (Å²) in [5, 5.41) is 2.40. The first kappa shape index (κ1) is 18.8. The van der Waals surface area contributed by atoms with Gasteiger partial charge in [0.1, 0.15) is 11.9 Å². The molecule has 2 amide bonds. The molecule has 6 nitrogen and oxygen atoms in total. The van der Waals surface area contributed by atoms with Crippen LogP contribution in [0.5, 0.6) is 5.75 Å². The third-order valence-electron chi connectivity index (χ3n) is 4.65. The highest BCUT2D eigenvalue weighted by Gasteiger charge is 2.33. The van der Waals surface area contributed by atoms with E-state index in [1.54, 1.807) is 12.0 Å². The summed E-state index contributed by atoms with van der Waals surface area (Å²) in [6, 6.07) is 16.0. The normalized spacial score (nSPS) is 16.3. The molecule has 27 heavy (non-hydrogen) atoms. The molecule has 1 aliphatic rings. The summed E-state index contributed by atoms with van der Waals surface area (Å²) < 4.78 is 10.4. The number of aryl methyl sites for hydroxylation is 2. The van der Waals surface area contributed by atoms with Crippen molar-refractivity contribution in [2.45, 2.75) is 25.4 Å². The summed E-state index contributed by atoms with van der Waals surface area (Å²) in [5.41, 5.74) is 3.25. The van der Waals surface area contributed by atoms with Crippen molar-refractivity contribution in [2.75, 3.05) is 25.6 Å². The quantitative estimate of drug-likeness (QED) is 0.851. The molecule has 1 atom stereocenters. The minimum atomic E-state index is -0.512. The van der Waals surface area contributed by atoms with Crippen LogP contribution < -0.4 is 15.0 Å². The third kappa shape index (κ3) is 4.78. The van der Waals surface area contributed by atoms with Crippen LogP contribution in [0.25, 0.3) is 0 Å². The van der Waals surface area contributed by atoms with Crippen molar-refractivity contribution >= 4 is 17.7 Å². The number of nitrogens with one attached hydrogen (secondary N) is 1. The van der Waals surface area contributed by atoms with E-state index in [9.17, 15) is 9.59 Å². The molecule has 3 rings (SSSR count). The molecular formula is C21H24N2O4. The maximum absolute atomic E-state index is 12.2. The Labute approximate surface area is 159 Å². The number of alkyl carbamates (subject to hydrolysis) is 1. The number of hydrogen-bond acceptors (Lipinski definition) is 4. The van der Waals surface area contributed by atoms with E-state index in [1.165, 1.54) is 18.2 Å². The molecular weight excluding hydrogens is 344 g/mol. The average molecular weight is 368 g/mol. The number of methoxy groups -OCH3 is 1. The maximum atomic E-state index is 12.2. The standard InChI is InChI=1S/C21H24N2O4/c1-22-21(25)27-19-13-20(24)23(14-19)17-10-8-15(9-11-17)6-7-16-4-3-5-18(12-16)26-2/h3-5,8-12,19H,6-7,13-14H2,1-2H3,(H,22,25). The molecule has 0 aliphatic carbocycles. The Bertz CT molecular complexity index is 804. The van der Waals surface area contributed by atoms with Crippen LogP contribution in [0.1, 0.15) is 17.5 Å². The van der Waals surface area contributed by atoms with Crippen LogP contribution >= 0.6 is 0 Å². The van der Waals surface area contributed by atoms with Gasteiger partial charge >= 0.3 is 6.09 Å². The molecule has 6 heteroatoms. The van der Waals surface area contributed by atoms with E-state index in [0.717, 1.165) is 24.3 Å². The van der Waals surface area contributed by atoms with Gasteiger partial charge < -0.3 is 19.7 Å². The molecule has 2 aromatic rings. The number of anilines is 1. The van der Waals surface area contributed by atoms with Gasteiger partial charge in [-0.05, 0) is 48.2 Å². The fraction of sp³-hybridized carbons (Fsp3) is 0.333. The Balaban J connectivity index is 1.58. The second-order valence-electron chi connectivity index (χ2n) is 6.50. The largest absolute Gasteiger partial charge is 0.497 e. The first-order valence-corrected chi connectivity index (χ1v) is 8.99. The van der Waals surface area contributed by atoms with E-state index in [0.29, 0.717) is 6.54 Å². The van der Waals surface area contributed by atoms with Gasteiger partial charge in [-0.2, -0.15) is 0 Å². The molecule has 1 fully saturated rings. The highest BCUT2D eigenvalue weighted by atomic mass is 16.6. The molecule has 0 radical (unpaired) electrons. The summed E-state index contributed by atoms with van der Waals surface area (Å²) in [6.07, 6.45) is 1.11. The second-order valence-corrected chi connectivity index (χ2v) is 6.50. The van der Waals surface area contributed by atoms with Crippen molar-refractivity contribution < 1.29 is 19.1 Å². The van der Waals surface area contributed by atoms with E-state index in [-0.39, 0.29) is 12.3 Å². The molecule has 0 aromatic heterocycles. The fourth-order valence-electron chi connectivity index (χ4n) is 3.17. The van der Waals surface area contributed by atoms with Crippen molar-refractivity contribution in [2.24, 2.45) is 0 Å². The molecule has 1 N–H and O–H groups in total. The smallest absolute Gasteiger partial charge is 0.407 e. The van der Waals surface area contributed by atoms with Gasteiger partial charge in [0, 0.05) is 12.7 Å². The van der Waals surface area contributed by atoms with Crippen molar-refractivity contribution in [3.63, 3.8) is 0 Å². The average Bonchev–Trinajstić information content (AvgIpc) is 3.06. The fourth-order valence-corrected chi connectivity index (χ4v) is 3.17. The number of ether oxygens (including phenoxy) is 2. The summed E-state index contributed by atoms with van der Waals surface area (Å²) in [4.78, 5) is 25.2. The first-order chi connectivity index (χ1) is 13.1. The predicted molar refractivity (Wildman–Crippen MR) is 103 cm³/mol. The van der Waals surface area contributed by atoms with Gasteiger partial charge in [-0.3, -0.25) is 4.79 Å². The zero-order chi connectivity index (χ0) is 19.2. The summed E-state index contributed by atoms with van der Waals surface area (Å²) in [5.74, 6) is 0.831. The number of amides is 2. The number of benzene rings is 2. The van der Waals surface area contributed by atoms with Crippen molar-refractivity contribution in [1.82, 2.24) is 5.32 Å². The van der Waals surface area contributed by atoms with Crippen LogP contribution in [-0.4, -0.2) is 38.8 Å². The highest BCUT2D eigenvalue weighted by molar-refractivity contribution is 5.96. The zero-order valence-electron chi connectivity index (χ0n) is 15.6. The lowest BCUT2D eigenvalue weighted by Gasteiger charge is -2.17. The van der Waals surface area contributed by atoms with Crippen molar-refractivity contribution in [3.8, 4) is 5.75 Å². The molecule has 0 bridgehead atoms. The SMILES string of the molecule is CNC(=O)OC1CC(=O)N(c2ccc(CCc3cccc(OC)c3)cc2)C1. The minimum Gasteiger partial charge on any atom is -0.497 e. The molecule has 1 saturated heterocycles. The molecule has 2 aromatic carbocycles. The molecule has 1 heterocycles. The lowest BCUT2D eigenvalue weighted by molar-refractivity contribution is -0.117. The summed E-state index contributed by atoms with van der Waals surface area (Å²) in [7, 11) is 3.17. The Morgan fingerprint density at radius 1 is 1.15 bits per heavy atom. The minimum absolute atomic E-state index is 0.0342. The number of rotatable bonds is 6. The Morgan fingerprint density at radius 2 is 1.89 bits per heavy atom. The van der Waals surface area contributed by atoms with E-state index in [1.807, 2.05) is 42.5 Å². The second kappa shape index (κ2) is 8.58. The van der Waals surface area contributed by atoms with Crippen LogP contribution in [0.4, 0.5) is 10.5 Å². The Hall–Kier alpha value is -3.02. The lowest BCUT2D eigenvalue weighted by Crippen LogP contribution is -2.29. The molecule has 0 spiro atoms. The maximum Gasteiger partial charge on any atom is 0.407 e. The van der Waals surface area contributed by atoms with Gasteiger partial charge in [0.25, 0.3) is 0 Å². The third-order valence-corrected chi connectivity index (χ3v) is 4.65. The Kier molecular flexibility index (Phi) is 5.96. The van der Waals surface area contributed by atoms with E-state index in [2.05, 4.69) is 11.4 Å². The van der Waals surface area contributed by atoms with Gasteiger partial charge in [0.2, 0.25) is 5.91 Å². The van der Waals surface area contributed by atoms with Crippen molar-refractivity contribution in [1.29, 1.82) is 0 Å². The monoisotopic (exact) mass is 368 g/mol. The molecule has 0 saturated carbocycles. The van der Waals surface area contributed by atoms with E-state index < -0.39 is 12.2 Å². The first-order valence-electron chi connectivity index (χ1n) is 8.99. The highest BCUT2D eigenvalue weighted by Crippen LogP contribution is 2.24. The van der Waals surface area contributed by atoms with Crippen LogP contribution in [-0.2, 0) is 22.4 Å². The Morgan fingerprint density at radius 3 is 2.59 bits per heavy atom. The lowest BCUT2D eigenvalue weighted by atomic mass is 10.0. The molecule has 142 valence electrons. The number of nitrogens with zero attached hydrogens (tertiary/aromatic N) is 1. The van der Waals surface area contributed by atoms with Gasteiger partial charge in [0.05, 0.1) is 20.1 Å². The van der Waals surface area contributed by atoms with Crippen LogP contribution in [0, 0.1) is 0 Å². The van der Waals surface area contributed by atoms with Crippen LogP contribution in [0.3, 0.4) is 0 Å². The van der Waals surface area contributed by atoms with E-state index >= 15 is 0 Å². The molecule has 1 unspecified atom stereocenters. The van der Waals surface area contributed by atoms with Crippen LogP contribution in [0.15, 0.2) is 48.5 Å². The predicted octanol–water partition coefficient (Wildman–Crippen LogP) is 2.94. The van der Waals surface area contributed by atoms with E-state index in [4.69, 9.17) is 9.47 Å². The van der Waals surface area contributed by atoms with Gasteiger partial charge in [-0.1, -0.05) is 24.3 Å². The summed E-state index contributed by atoms with van der Waals surface area (Å²) >= 11 is 0.